The highest BCUT2D eigenvalue weighted by atomic mass is 19.1. The summed E-state index contributed by atoms with van der Waals surface area (Å²) in [6, 6.07) is 10.9. The van der Waals surface area contributed by atoms with Gasteiger partial charge in [-0.2, -0.15) is 0 Å². The minimum Gasteiger partial charge on any atom is -0.454 e. The van der Waals surface area contributed by atoms with Gasteiger partial charge in [-0.1, -0.05) is 25.1 Å². The van der Waals surface area contributed by atoms with Crippen LogP contribution in [-0.2, 0) is 22.6 Å². The number of piperidine rings is 1. The van der Waals surface area contributed by atoms with Crippen molar-refractivity contribution in [3.63, 3.8) is 0 Å². The van der Waals surface area contributed by atoms with E-state index >= 15 is 0 Å². The Kier molecular flexibility index (Phi) is 6.08. The summed E-state index contributed by atoms with van der Waals surface area (Å²) in [5.41, 5.74) is 0.575. The van der Waals surface area contributed by atoms with Gasteiger partial charge in [0.05, 0.1) is 13.0 Å². The highest BCUT2D eigenvalue weighted by Gasteiger charge is 2.54. The molecule has 1 N–H and O–H groups in total. The summed E-state index contributed by atoms with van der Waals surface area (Å²) in [5, 5.41) is 2.99. The lowest BCUT2D eigenvalue weighted by molar-refractivity contribution is -0.136. The number of ether oxygens (including phenoxy) is 2. The lowest BCUT2D eigenvalue weighted by Gasteiger charge is -2.40. The molecule has 1 atom stereocenters. The maximum atomic E-state index is 13.6. The molecule has 0 bridgehead atoms. The van der Waals surface area contributed by atoms with Crippen molar-refractivity contribution in [2.75, 3.05) is 19.9 Å². The summed E-state index contributed by atoms with van der Waals surface area (Å²) in [5.74, 6) is 0.609. The largest absolute Gasteiger partial charge is 0.454 e. The Labute approximate surface area is 203 Å². The number of carbonyl (C=O) groups excluding carboxylic acids is 3. The molecule has 5 rings (SSSR count). The minimum absolute atomic E-state index is 0.0215. The lowest BCUT2D eigenvalue weighted by Crippen LogP contribution is -2.56. The van der Waals surface area contributed by atoms with E-state index in [1.165, 1.54) is 17.0 Å². The van der Waals surface area contributed by atoms with Crippen molar-refractivity contribution in [1.29, 1.82) is 0 Å². The Balaban J connectivity index is 1.23. The number of fused-ring (bicyclic) bond motifs is 1. The van der Waals surface area contributed by atoms with E-state index in [4.69, 9.17) is 9.47 Å². The van der Waals surface area contributed by atoms with Crippen LogP contribution in [0.5, 0.6) is 11.5 Å². The number of benzene rings is 2. The zero-order chi connectivity index (χ0) is 24.6. The van der Waals surface area contributed by atoms with E-state index < -0.39 is 11.6 Å². The van der Waals surface area contributed by atoms with Crippen LogP contribution < -0.4 is 14.8 Å². The second-order valence-electron chi connectivity index (χ2n) is 9.29. The fourth-order valence-electron chi connectivity index (χ4n) is 5.33. The fraction of sp³-hybridized carbons (Fsp3) is 0.423. The van der Waals surface area contributed by atoms with Gasteiger partial charge < -0.3 is 19.7 Å². The van der Waals surface area contributed by atoms with Crippen LogP contribution in [0.4, 0.5) is 9.18 Å². The molecule has 8 nitrogen and oxygen atoms in total. The quantitative estimate of drug-likeness (QED) is 0.640. The molecule has 2 aromatic carbocycles. The Morgan fingerprint density at radius 1 is 1.06 bits per heavy atom. The van der Waals surface area contributed by atoms with Gasteiger partial charge in [0.15, 0.2) is 11.5 Å². The SMILES string of the molecule is CC[C@@]1(C2CCN(C(=O)Cc3ccc(F)cc3)CC2)NC(=O)N(Cc2ccc3c(c2)OCO3)C1=O. The lowest BCUT2D eigenvalue weighted by atomic mass is 9.75. The van der Waals surface area contributed by atoms with E-state index in [0.717, 1.165) is 11.1 Å². The monoisotopic (exact) mass is 481 g/mol. The number of halogens is 1. The molecule has 0 aromatic heterocycles. The van der Waals surface area contributed by atoms with Gasteiger partial charge in [0.1, 0.15) is 11.4 Å². The molecular weight excluding hydrogens is 453 g/mol. The molecular formula is C26H28FN3O5. The molecule has 3 aliphatic rings. The summed E-state index contributed by atoms with van der Waals surface area (Å²) < 4.78 is 23.9. The third kappa shape index (κ3) is 4.31. The number of carbonyl (C=O) groups is 3. The first kappa shape index (κ1) is 23.1. The molecule has 0 radical (unpaired) electrons. The molecule has 9 heteroatoms. The number of nitrogens with zero attached hydrogens (tertiary/aromatic N) is 2. The van der Waals surface area contributed by atoms with Crippen molar-refractivity contribution in [2.24, 2.45) is 5.92 Å². The van der Waals surface area contributed by atoms with Crippen LogP contribution in [-0.4, -0.2) is 53.1 Å². The van der Waals surface area contributed by atoms with Crippen molar-refractivity contribution >= 4 is 17.8 Å². The summed E-state index contributed by atoms with van der Waals surface area (Å²) >= 11 is 0. The predicted octanol–water partition coefficient (Wildman–Crippen LogP) is 3.24. The van der Waals surface area contributed by atoms with Crippen molar-refractivity contribution in [3.8, 4) is 11.5 Å². The highest BCUT2D eigenvalue weighted by Crippen LogP contribution is 2.38. The smallest absolute Gasteiger partial charge is 0.325 e. The van der Waals surface area contributed by atoms with Gasteiger partial charge in [-0.3, -0.25) is 14.5 Å². The molecule has 0 saturated carbocycles. The number of nitrogens with one attached hydrogen (secondary N) is 1. The minimum atomic E-state index is -0.973. The van der Waals surface area contributed by atoms with Gasteiger partial charge in [0, 0.05) is 13.1 Å². The van der Waals surface area contributed by atoms with E-state index in [1.54, 1.807) is 29.2 Å². The van der Waals surface area contributed by atoms with Gasteiger partial charge in [-0.25, -0.2) is 9.18 Å². The van der Waals surface area contributed by atoms with Crippen LogP contribution in [0, 0.1) is 11.7 Å². The number of imide groups is 1. The molecule has 3 aliphatic heterocycles. The van der Waals surface area contributed by atoms with Crippen LogP contribution in [0.1, 0.15) is 37.3 Å². The van der Waals surface area contributed by atoms with Gasteiger partial charge in [-0.05, 0) is 60.6 Å². The molecule has 35 heavy (non-hydrogen) atoms. The average molecular weight is 482 g/mol. The average Bonchev–Trinajstić information content (AvgIpc) is 3.43. The van der Waals surface area contributed by atoms with E-state index in [9.17, 15) is 18.8 Å². The molecule has 4 amide bonds. The van der Waals surface area contributed by atoms with Crippen LogP contribution in [0.15, 0.2) is 42.5 Å². The second kappa shape index (κ2) is 9.20. The Bertz CT molecular complexity index is 1150. The first-order chi connectivity index (χ1) is 16.9. The molecule has 0 unspecified atom stereocenters. The van der Waals surface area contributed by atoms with Gasteiger partial charge in [0.2, 0.25) is 12.7 Å². The standard InChI is InChI=1S/C26H28FN3O5/c1-2-26(19-9-11-29(12-10-19)23(31)14-17-3-6-20(27)7-4-17)24(32)30(25(33)28-26)15-18-5-8-21-22(13-18)35-16-34-21/h3-8,13,19H,2,9-12,14-16H2,1H3,(H,28,33)/t26-/m0/s1. The molecule has 0 aliphatic carbocycles. The van der Waals surface area contributed by atoms with Crippen molar-refractivity contribution in [1.82, 2.24) is 15.1 Å². The second-order valence-corrected chi connectivity index (χ2v) is 9.29. The Morgan fingerprint density at radius 3 is 2.46 bits per heavy atom. The molecule has 0 spiro atoms. The summed E-state index contributed by atoms with van der Waals surface area (Å²) in [4.78, 5) is 42.3. The molecule has 2 saturated heterocycles. The topological polar surface area (TPSA) is 88.2 Å². The number of hydrogen-bond donors (Lipinski definition) is 1. The van der Waals surface area contributed by atoms with Gasteiger partial charge in [0.25, 0.3) is 5.91 Å². The first-order valence-corrected chi connectivity index (χ1v) is 11.9. The number of likely N-dealkylation sites (tertiary alicyclic amines) is 1. The maximum Gasteiger partial charge on any atom is 0.325 e. The zero-order valence-electron chi connectivity index (χ0n) is 19.6. The number of hydrogen-bond acceptors (Lipinski definition) is 5. The number of rotatable bonds is 6. The van der Waals surface area contributed by atoms with Crippen LogP contribution >= 0.6 is 0 Å². The van der Waals surface area contributed by atoms with E-state index in [-0.39, 0.29) is 43.3 Å². The fourth-order valence-corrected chi connectivity index (χ4v) is 5.33. The summed E-state index contributed by atoms with van der Waals surface area (Å²) in [7, 11) is 0. The van der Waals surface area contributed by atoms with Gasteiger partial charge >= 0.3 is 6.03 Å². The van der Waals surface area contributed by atoms with Crippen LogP contribution in [0.3, 0.4) is 0 Å². The third-order valence-corrected chi connectivity index (χ3v) is 7.35. The van der Waals surface area contributed by atoms with E-state index in [1.807, 2.05) is 13.0 Å². The van der Waals surface area contributed by atoms with Crippen LogP contribution in [0.2, 0.25) is 0 Å². The maximum absolute atomic E-state index is 13.6. The molecule has 2 aromatic rings. The van der Waals surface area contributed by atoms with Crippen LogP contribution in [0.25, 0.3) is 0 Å². The summed E-state index contributed by atoms with van der Waals surface area (Å²) in [6.45, 7) is 3.24. The Hall–Kier alpha value is -3.62. The highest BCUT2D eigenvalue weighted by molar-refractivity contribution is 6.07. The number of urea groups is 1. The van der Waals surface area contributed by atoms with Gasteiger partial charge in [-0.15, -0.1) is 0 Å². The van der Waals surface area contributed by atoms with Crippen molar-refractivity contribution < 1.29 is 28.2 Å². The normalized spacial score (nSPS) is 22.0. The Morgan fingerprint density at radius 2 is 1.74 bits per heavy atom. The molecule has 184 valence electrons. The van der Waals surface area contributed by atoms with E-state index in [0.29, 0.717) is 43.9 Å². The molecule has 3 heterocycles. The zero-order valence-corrected chi connectivity index (χ0v) is 19.6. The van der Waals surface area contributed by atoms with Crippen molar-refractivity contribution in [2.45, 2.75) is 44.7 Å². The van der Waals surface area contributed by atoms with E-state index in [2.05, 4.69) is 5.32 Å². The summed E-state index contributed by atoms with van der Waals surface area (Å²) in [6.07, 6.45) is 1.92. The predicted molar refractivity (Wildman–Crippen MR) is 124 cm³/mol. The first-order valence-electron chi connectivity index (χ1n) is 11.9. The third-order valence-electron chi connectivity index (χ3n) is 7.35. The van der Waals surface area contributed by atoms with Crippen molar-refractivity contribution in [3.05, 3.63) is 59.4 Å². The molecule has 2 fully saturated rings. The number of amides is 4.